The molecule has 1 aliphatic carbocycles. The van der Waals surface area contributed by atoms with Crippen LogP contribution in [0, 0.1) is 5.92 Å². The quantitative estimate of drug-likeness (QED) is 0.581. The van der Waals surface area contributed by atoms with Crippen LogP contribution in [0.15, 0.2) is 40.6 Å². The molecule has 2 N–H and O–H groups in total. The van der Waals surface area contributed by atoms with E-state index < -0.39 is 0 Å². The fourth-order valence-electron chi connectivity index (χ4n) is 3.47. The topological polar surface area (TPSA) is 69.9 Å². The third-order valence-electron chi connectivity index (χ3n) is 4.55. The second-order valence-corrected chi connectivity index (χ2v) is 8.53. The van der Waals surface area contributed by atoms with Crippen molar-refractivity contribution in [3.63, 3.8) is 0 Å². The van der Waals surface area contributed by atoms with Gasteiger partial charge in [0.1, 0.15) is 17.2 Å². The number of phenolic OH excluding ortho intramolecular Hbond substituents is 1. The molecule has 0 aromatic heterocycles. The lowest BCUT2D eigenvalue weighted by atomic mass is 9.82. The number of aliphatic imine (C=N–C) groups is 1. The van der Waals surface area contributed by atoms with Crippen molar-refractivity contribution < 1.29 is 15.0 Å². The third-order valence-corrected chi connectivity index (χ3v) is 5.65. The van der Waals surface area contributed by atoms with Gasteiger partial charge in [0, 0.05) is 18.1 Å². The molecule has 0 saturated carbocycles. The van der Waals surface area contributed by atoms with Gasteiger partial charge in [0.05, 0.1) is 11.3 Å². The fourth-order valence-corrected chi connectivity index (χ4v) is 4.44. The van der Waals surface area contributed by atoms with E-state index in [-0.39, 0.29) is 23.2 Å². The monoisotopic (exact) mass is 375 g/mol. The number of thioether (sulfide) groups is 1. The molecule has 5 heteroatoms. The molecular weight excluding hydrogens is 346 g/mol. The molecule has 2 atom stereocenters. The molecule has 1 aromatic rings. The van der Waals surface area contributed by atoms with Gasteiger partial charge in [-0.05, 0) is 36.6 Å². The average molecular weight is 376 g/mol. The molecule has 2 unspecified atom stereocenters. The molecule has 1 aromatic carbocycles. The molecule has 0 radical (unpaired) electrons. The zero-order chi connectivity index (χ0) is 19.1. The summed E-state index contributed by atoms with van der Waals surface area (Å²) in [5.41, 5.74) is 1.37. The van der Waals surface area contributed by atoms with Gasteiger partial charge in [-0.25, -0.2) is 4.99 Å². The Balaban J connectivity index is 2.28. The molecule has 0 aliphatic heterocycles. The zero-order valence-electron chi connectivity index (χ0n) is 15.9. The van der Waals surface area contributed by atoms with Crippen LogP contribution in [0.3, 0.4) is 0 Å². The lowest BCUT2D eigenvalue weighted by molar-refractivity contribution is -0.116. The van der Waals surface area contributed by atoms with Crippen molar-refractivity contribution in [1.29, 1.82) is 0 Å². The highest BCUT2D eigenvalue weighted by Gasteiger charge is 2.31. The van der Waals surface area contributed by atoms with E-state index in [1.807, 2.05) is 18.7 Å². The number of allylic oxidation sites excluding steroid dienone is 2. The molecule has 142 valence electrons. The molecule has 2 rings (SSSR count). The minimum atomic E-state index is -0.0323. The van der Waals surface area contributed by atoms with Crippen LogP contribution in [-0.4, -0.2) is 32.7 Å². The zero-order valence-corrected chi connectivity index (χ0v) is 16.7. The van der Waals surface area contributed by atoms with E-state index in [0.29, 0.717) is 41.5 Å². The van der Waals surface area contributed by atoms with Gasteiger partial charge in [-0.1, -0.05) is 39.3 Å². The summed E-state index contributed by atoms with van der Waals surface area (Å²) in [7, 11) is 0. The first-order valence-electron chi connectivity index (χ1n) is 9.39. The van der Waals surface area contributed by atoms with Gasteiger partial charge in [0.15, 0.2) is 5.78 Å². The number of Topliss-reactive ketones (excluding diaryl/α,β-unsaturated/α-hetero) is 1. The van der Waals surface area contributed by atoms with Crippen LogP contribution in [0.5, 0.6) is 5.75 Å². The van der Waals surface area contributed by atoms with Gasteiger partial charge < -0.3 is 10.2 Å². The van der Waals surface area contributed by atoms with Gasteiger partial charge in [-0.3, -0.25) is 4.79 Å². The Morgan fingerprint density at radius 2 is 2.00 bits per heavy atom. The van der Waals surface area contributed by atoms with E-state index in [0.717, 1.165) is 18.6 Å². The average Bonchev–Trinajstić information content (AvgIpc) is 2.56. The molecule has 0 spiro atoms. The number of aliphatic hydroxyl groups excluding tert-OH is 1. The van der Waals surface area contributed by atoms with E-state index >= 15 is 0 Å². The smallest absolute Gasteiger partial charge is 0.168 e. The molecular formula is C21H29NO3S. The van der Waals surface area contributed by atoms with E-state index in [9.17, 15) is 15.0 Å². The highest BCUT2D eigenvalue weighted by molar-refractivity contribution is 7.99. The second kappa shape index (κ2) is 9.81. The highest BCUT2D eigenvalue weighted by Crippen LogP contribution is 2.34. The summed E-state index contributed by atoms with van der Waals surface area (Å²) in [5, 5.41) is 21.1. The van der Waals surface area contributed by atoms with E-state index in [2.05, 4.69) is 18.8 Å². The third kappa shape index (κ3) is 5.37. The van der Waals surface area contributed by atoms with Crippen LogP contribution in [0.2, 0.25) is 0 Å². The van der Waals surface area contributed by atoms with Gasteiger partial charge in [-0.15, -0.1) is 0 Å². The van der Waals surface area contributed by atoms with E-state index in [4.69, 9.17) is 0 Å². The molecule has 4 nitrogen and oxygen atoms in total. The summed E-state index contributed by atoms with van der Waals surface area (Å²) in [4.78, 5) is 17.3. The number of carbonyl (C=O) groups is 1. The summed E-state index contributed by atoms with van der Waals surface area (Å²) < 4.78 is 0. The number of phenols is 1. The van der Waals surface area contributed by atoms with Crippen molar-refractivity contribution in [2.45, 2.75) is 58.1 Å². The van der Waals surface area contributed by atoms with Gasteiger partial charge in [0.2, 0.25) is 0 Å². The number of hydrogen-bond donors (Lipinski definition) is 2. The Hall–Kier alpha value is -1.75. The maximum Gasteiger partial charge on any atom is 0.168 e. The lowest BCUT2D eigenvalue weighted by Crippen LogP contribution is -2.26. The lowest BCUT2D eigenvalue weighted by Gasteiger charge is -2.26. The van der Waals surface area contributed by atoms with Crippen molar-refractivity contribution >= 4 is 28.9 Å². The number of benzene rings is 1. The number of rotatable bonds is 8. The minimum absolute atomic E-state index is 0.0323. The van der Waals surface area contributed by atoms with Crippen molar-refractivity contribution in [3.05, 3.63) is 35.6 Å². The Kier molecular flexibility index (Phi) is 7.76. The molecule has 26 heavy (non-hydrogen) atoms. The molecule has 0 heterocycles. The molecule has 0 saturated heterocycles. The van der Waals surface area contributed by atoms with Crippen LogP contribution < -0.4 is 0 Å². The van der Waals surface area contributed by atoms with Crippen molar-refractivity contribution in [2.75, 3.05) is 5.75 Å². The number of hydrogen-bond acceptors (Lipinski definition) is 5. The first kappa shape index (κ1) is 20.6. The summed E-state index contributed by atoms with van der Waals surface area (Å²) in [6, 6.07) is 6.81. The van der Waals surface area contributed by atoms with Crippen LogP contribution >= 0.6 is 11.8 Å². The number of carbonyl (C=O) groups excluding carboxylic acids is 1. The summed E-state index contributed by atoms with van der Waals surface area (Å²) in [5.74, 6) is 1.45. The van der Waals surface area contributed by atoms with E-state index in [1.165, 1.54) is 0 Å². The van der Waals surface area contributed by atoms with Crippen LogP contribution in [0.4, 0.5) is 5.69 Å². The Bertz CT molecular complexity index is 696. The van der Waals surface area contributed by atoms with Gasteiger partial charge >= 0.3 is 0 Å². The summed E-state index contributed by atoms with van der Waals surface area (Å²) in [6.07, 6.45) is 3.31. The predicted octanol–water partition coefficient (Wildman–Crippen LogP) is 5.59. The Morgan fingerprint density at radius 3 is 2.62 bits per heavy atom. The largest absolute Gasteiger partial charge is 0.511 e. The molecule has 1 aliphatic rings. The number of aliphatic hydroxyl groups is 1. The number of nitrogens with zero attached hydrogens (tertiary/aromatic N) is 1. The van der Waals surface area contributed by atoms with Gasteiger partial charge in [0.25, 0.3) is 0 Å². The highest BCUT2D eigenvalue weighted by atomic mass is 32.2. The first-order valence-corrected chi connectivity index (χ1v) is 10.4. The number of para-hydroxylation sites is 2. The normalized spacial score (nSPS) is 19.7. The number of aromatic hydroxyl groups is 1. The number of ketones is 1. The maximum atomic E-state index is 12.8. The fraction of sp³-hybridized carbons (Fsp3) is 0.524. The van der Waals surface area contributed by atoms with Crippen LogP contribution in [-0.2, 0) is 4.79 Å². The van der Waals surface area contributed by atoms with Crippen molar-refractivity contribution in [3.8, 4) is 5.75 Å². The SMILES string of the molecule is CCCC(=Nc1ccccc1O)C1=C(O)CC(CC(C)SCC)CC1=O. The molecule has 0 bridgehead atoms. The van der Waals surface area contributed by atoms with Crippen molar-refractivity contribution in [2.24, 2.45) is 10.9 Å². The Labute approximate surface area is 160 Å². The van der Waals surface area contributed by atoms with Crippen molar-refractivity contribution in [1.82, 2.24) is 0 Å². The summed E-state index contributed by atoms with van der Waals surface area (Å²) in [6.45, 7) is 6.32. The minimum Gasteiger partial charge on any atom is -0.511 e. The van der Waals surface area contributed by atoms with Crippen LogP contribution in [0.1, 0.15) is 52.9 Å². The van der Waals surface area contributed by atoms with Crippen LogP contribution in [0.25, 0.3) is 0 Å². The predicted molar refractivity (Wildman–Crippen MR) is 110 cm³/mol. The summed E-state index contributed by atoms with van der Waals surface area (Å²) >= 11 is 1.89. The second-order valence-electron chi connectivity index (χ2n) is 6.82. The molecule has 0 amide bonds. The standard InChI is InChI=1S/C21H29NO3S/c1-4-8-17(22-16-9-6-7-10-18(16)23)21-19(24)12-15(13-20(21)25)11-14(3)26-5-2/h6-7,9-10,14-15,23-24H,4-5,8,11-13H2,1-3H3. The maximum absolute atomic E-state index is 12.8. The molecule has 0 fully saturated rings. The van der Waals surface area contributed by atoms with Gasteiger partial charge in [-0.2, -0.15) is 11.8 Å². The first-order chi connectivity index (χ1) is 12.5. The van der Waals surface area contributed by atoms with E-state index in [1.54, 1.807) is 24.3 Å². The Morgan fingerprint density at radius 1 is 1.27 bits per heavy atom.